The van der Waals surface area contributed by atoms with Crippen LogP contribution in [-0.4, -0.2) is 30.5 Å². The standard InChI is InChI=1S/C7H13F2N/c1-6-3-4-7(8,9)5-10(6)2/h6H,3-5H2,1-2H3/t6-/m1/s1. The van der Waals surface area contributed by atoms with Crippen LogP contribution < -0.4 is 0 Å². The predicted molar refractivity (Wildman–Crippen MR) is 36.3 cm³/mol. The molecule has 0 aromatic carbocycles. The topological polar surface area (TPSA) is 3.24 Å². The first-order valence-corrected chi connectivity index (χ1v) is 3.59. The average Bonchev–Trinajstić information content (AvgIpc) is 1.79. The second kappa shape index (κ2) is 2.46. The molecule has 0 bridgehead atoms. The van der Waals surface area contributed by atoms with Crippen LogP contribution in [0.2, 0.25) is 0 Å². The van der Waals surface area contributed by atoms with E-state index in [2.05, 4.69) is 0 Å². The van der Waals surface area contributed by atoms with E-state index in [-0.39, 0.29) is 13.0 Å². The lowest BCUT2D eigenvalue weighted by molar-refractivity contribution is -0.0718. The molecule has 0 spiro atoms. The summed E-state index contributed by atoms with van der Waals surface area (Å²) in [5.41, 5.74) is 0. The fourth-order valence-electron chi connectivity index (χ4n) is 1.24. The summed E-state index contributed by atoms with van der Waals surface area (Å²) in [4.78, 5) is 1.71. The van der Waals surface area contributed by atoms with E-state index in [1.807, 2.05) is 6.92 Å². The van der Waals surface area contributed by atoms with Crippen molar-refractivity contribution in [2.24, 2.45) is 0 Å². The molecule has 0 aliphatic carbocycles. The van der Waals surface area contributed by atoms with E-state index in [1.165, 1.54) is 0 Å². The van der Waals surface area contributed by atoms with Crippen molar-refractivity contribution in [1.82, 2.24) is 4.90 Å². The smallest absolute Gasteiger partial charge is 0.260 e. The van der Waals surface area contributed by atoms with Crippen LogP contribution >= 0.6 is 0 Å². The Balaban J connectivity index is 2.49. The van der Waals surface area contributed by atoms with Gasteiger partial charge in [-0.05, 0) is 20.4 Å². The van der Waals surface area contributed by atoms with Crippen LogP contribution in [0.15, 0.2) is 0 Å². The van der Waals surface area contributed by atoms with E-state index in [4.69, 9.17) is 0 Å². The minimum Gasteiger partial charge on any atom is -0.298 e. The molecule has 1 aliphatic heterocycles. The number of piperidine rings is 1. The first-order chi connectivity index (χ1) is 4.51. The lowest BCUT2D eigenvalue weighted by Gasteiger charge is -2.34. The van der Waals surface area contributed by atoms with Gasteiger partial charge in [0.1, 0.15) is 0 Å². The molecule has 0 N–H and O–H groups in total. The van der Waals surface area contributed by atoms with Crippen LogP contribution in [0.1, 0.15) is 19.8 Å². The fraction of sp³-hybridized carbons (Fsp3) is 1.00. The van der Waals surface area contributed by atoms with Crippen molar-refractivity contribution < 1.29 is 8.78 Å². The highest BCUT2D eigenvalue weighted by atomic mass is 19.3. The van der Waals surface area contributed by atoms with E-state index >= 15 is 0 Å². The molecular weight excluding hydrogens is 136 g/mol. The van der Waals surface area contributed by atoms with E-state index in [9.17, 15) is 8.78 Å². The second-order valence-electron chi connectivity index (χ2n) is 3.16. The largest absolute Gasteiger partial charge is 0.298 e. The summed E-state index contributed by atoms with van der Waals surface area (Å²) in [6, 6.07) is 0.319. The highest BCUT2D eigenvalue weighted by Gasteiger charge is 2.36. The predicted octanol–water partition coefficient (Wildman–Crippen LogP) is 1.74. The Morgan fingerprint density at radius 3 is 2.50 bits per heavy atom. The molecule has 0 radical (unpaired) electrons. The molecule has 1 aliphatic rings. The minimum atomic E-state index is -2.44. The minimum absolute atomic E-state index is 0.0541. The number of hydrogen-bond donors (Lipinski definition) is 0. The quantitative estimate of drug-likeness (QED) is 0.507. The van der Waals surface area contributed by atoms with Crippen molar-refractivity contribution in [2.45, 2.75) is 31.7 Å². The summed E-state index contributed by atoms with van der Waals surface area (Å²) >= 11 is 0. The van der Waals surface area contributed by atoms with Crippen LogP contribution in [0.3, 0.4) is 0 Å². The Hall–Kier alpha value is -0.180. The molecule has 0 saturated carbocycles. The van der Waals surface area contributed by atoms with E-state index < -0.39 is 5.92 Å². The number of hydrogen-bond acceptors (Lipinski definition) is 1. The van der Waals surface area contributed by atoms with Gasteiger partial charge in [-0.25, -0.2) is 8.78 Å². The Morgan fingerprint density at radius 1 is 1.50 bits per heavy atom. The lowest BCUT2D eigenvalue weighted by atomic mass is 10.0. The molecule has 1 fully saturated rings. The van der Waals surface area contributed by atoms with Gasteiger partial charge in [0.15, 0.2) is 0 Å². The normalized spacial score (nSPS) is 34.2. The van der Waals surface area contributed by atoms with Crippen LogP contribution in [0.25, 0.3) is 0 Å². The van der Waals surface area contributed by atoms with Gasteiger partial charge in [-0.3, -0.25) is 4.90 Å². The molecule has 0 aromatic heterocycles. The van der Waals surface area contributed by atoms with Crippen molar-refractivity contribution in [2.75, 3.05) is 13.6 Å². The summed E-state index contributed by atoms with van der Waals surface area (Å²) in [7, 11) is 1.75. The van der Waals surface area contributed by atoms with Crippen molar-refractivity contribution in [3.8, 4) is 0 Å². The van der Waals surface area contributed by atoms with E-state index in [1.54, 1.807) is 11.9 Å². The lowest BCUT2D eigenvalue weighted by Crippen LogP contribution is -2.45. The van der Waals surface area contributed by atoms with Gasteiger partial charge >= 0.3 is 0 Å². The summed E-state index contributed by atoms with van der Waals surface area (Å²) in [5, 5.41) is 0. The molecule has 10 heavy (non-hydrogen) atoms. The SMILES string of the molecule is C[C@@H]1CCC(F)(F)CN1C. The maximum absolute atomic E-state index is 12.6. The van der Waals surface area contributed by atoms with Gasteiger partial charge in [-0.15, -0.1) is 0 Å². The van der Waals surface area contributed by atoms with Crippen LogP contribution in [0, 0.1) is 0 Å². The zero-order valence-corrected chi connectivity index (χ0v) is 6.40. The molecule has 1 rings (SSSR count). The van der Waals surface area contributed by atoms with Crippen molar-refractivity contribution in [1.29, 1.82) is 0 Å². The van der Waals surface area contributed by atoms with E-state index in [0.717, 1.165) is 0 Å². The van der Waals surface area contributed by atoms with E-state index in [0.29, 0.717) is 12.5 Å². The molecule has 1 heterocycles. The van der Waals surface area contributed by atoms with Gasteiger partial charge in [0.25, 0.3) is 5.92 Å². The molecule has 0 unspecified atom stereocenters. The zero-order chi connectivity index (χ0) is 7.78. The number of halogens is 2. The number of alkyl halides is 2. The molecule has 1 atom stereocenters. The average molecular weight is 149 g/mol. The third-order valence-electron chi connectivity index (χ3n) is 2.16. The Bertz CT molecular complexity index is 125. The third-order valence-corrected chi connectivity index (χ3v) is 2.16. The maximum atomic E-state index is 12.6. The van der Waals surface area contributed by atoms with Gasteiger partial charge in [0.2, 0.25) is 0 Å². The molecule has 1 saturated heterocycles. The first kappa shape index (κ1) is 7.92. The Kier molecular flexibility index (Phi) is 1.95. The highest BCUT2D eigenvalue weighted by Crippen LogP contribution is 2.28. The van der Waals surface area contributed by atoms with Gasteiger partial charge in [-0.1, -0.05) is 0 Å². The van der Waals surface area contributed by atoms with Crippen molar-refractivity contribution >= 4 is 0 Å². The molecule has 60 valence electrons. The summed E-state index contributed by atoms with van der Waals surface area (Å²) in [6.07, 6.45) is 0.669. The first-order valence-electron chi connectivity index (χ1n) is 3.59. The Morgan fingerprint density at radius 2 is 2.10 bits per heavy atom. The fourth-order valence-corrected chi connectivity index (χ4v) is 1.24. The Labute approximate surface area is 60.0 Å². The van der Waals surface area contributed by atoms with Gasteiger partial charge in [0.05, 0.1) is 6.54 Å². The summed E-state index contributed by atoms with van der Waals surface area (Å²) in [5.74, 6) is -2.44. The molecule has 0 aromatic rings. The van der Waals surface area contributed by atoms with Crippen molar-refractivity contribution in [3.63, 3.8) is 0 Å². The molecule has 1 nitrogen and oxygen atoms in total. The number of likely N-dealkylation sites (tertiary alicyclic amines) is 1. The third kappa shape index (κ3) is 1.66. The zero-order valence-electron chi connectivity index (χ0n) is 6.40. The van der Waals surface area contributed by atoms with Gasteiger partial charge in [-0.2, -0.15) is 0 Å². The molecule has 0 amide bonds. The van der Waals surface area contributed by atoms with Gasteiger partial charge in [0, 0.05) is 12.5 Å². The van der Waals surface area contributed by atoms with Crippen LogP contribution in [0.5, 0.6) is 0 Å². The number of nitrogens with zero attached hydrogens (tertiary/aromatic N) is 1. The maximum Gasteiger partial charge on any atom is 0.260 e. The summed E-state index contributed by atoms with van der Waals surface area (Å²) in [6.45, 7) is 1.91. The summed E-state index contributed by atoms with van der Waals surface area (Å²) < 4.78 is 25.2. The van der Waals surface area contributed by atoms with Crippen LogP contribution in [0.4, 0.5) is 8.78 Å². The second-order valence-corrected chi connectivity index (χ2v) is 3.16. The molecular formula is C7H13F2N. The monoisotopic (exact) mass is 149 g/mol. The van der Waals surface area contributed by atoms with Crippen LogP contribution in [-0.2, 0) is 0 Å². The highest BCUT2D eigenvalue weighted by molar-refractivity contribution is 4.81. The van der Waals surface area contributed by atoms with Crippen molar-refractivity contribution in [3.05, 3.63) is 0 Å². The van der Waals surface area contributed by atoms with Gasteiger partial charge < -0.3 is 0 Å². The molecule has 3 heteroatoms. The number of rotatable bonds is 0.